The van der Waals surface area contributed by atoms with Gasteiger partial charge in [-0.2, -0.15) is 0 Å². The Labute approximate surface area is 151 Å². The molecule has 1 saturated carbocycles. The van der Waals surface area contributed by atoms with Crippen molar-refractivity contribution < 1.29 is 9.21 Å². The molecule has 3 aromatic rings. The summed E-state index contributed by atoms with van der Waals surface area (Å²) in [5, 5.41) is 4.95. The van der Waals surface area contributed by atoms with Gasteiger partial charge in [-0.25, -0.2) is 9.97 Å². The van der Waals surface area contributed by atoms with E-state index in [1.165, 1.54) is 0 Å². The second-order valence-electron chi connectivity index (χ2n) is 6.98. The first-order chi connectivity index (χ1) is 12.6. The van der Waals surface area contributed by atoms with Crippen LogP contribution in [0.2, 0.25) is 0 Å². The molecule has 3 N–H and O–H groups in total. The van der Waals surface area contributed by atoms with E-state index in [2.05, 4.69) is 15.3 Å². The zero-order valence-corrected chi connectivity index (χ0v) is 14.7. The molecule has 6 nitrogen and oxygen atoms in total. The first kappa shape index (κ1) is 16.7. The molecule has 1 fully saturated rings. The largest absolute Gasteiger partial charge is 0.441 e. The first-order valence-corrected chi connectivity index (χ1v) is 8.97. The van der Waals surface area contributed by atoms with E-state index in [-0.39, 0.29) is 17.9 Å². The number of carbonyl (C=O) groups excluding carboxylic acids is 1. The fraction of sp³-hybridized carbons (Fsp3) is 0.350. The highest BCUT2D eigenvalue weighted by Crippen LogP contribution is 2.27. The van der Waals surface area contributed by atoms with Crippen molar-refractivity contribution in [3.63, 3.8) is 0 Å². The summed E-state index contributed by atoms with van der Waals surface area (Å²) >= 11 is 0. The summed E-state index contributed by atoms with van der Waals surface area (Å²) in [5.74, 6) is 1.99. The minimum atomic E-state index is 0.0239. The Morgan fingerprint density at radius 3 is 2.65 bits per heavy atom. The molecule has 6 heteroatoms. The fourth-order valence-corrected chi connectivity index (χ4v) is 3.47. The Morgan fingerprint density at radius 2 is 1.92 bits per heavy atom. The number of amides is 1. The van der Waals surface area contributed by atoms with Crippen LogP contribution in [-0.4, -0.2) is 21.9 Å². The molecule has 0 atom stereocenters. The number of nitrogens with zero attached hydrogens (tertiary/aromatic N) is 2. The lowest BCUT2D eigenvalue weighted by Gasteiger charge is -2.24. The number of oxazole rings is 1. The quantitative estimate of drug-likeness (QED) is 0.752. The third-order valence-corrected chi connectivity index (χ3v) is 5.02. The minimum Gasteiger partial charge on any atom is -0.441 e. The Bertz CT molecular complexity index is 942. The van der Waals surface area contributed by atoms with Crippen molar-refractivity contribution in [3.8, 4) is 11.3 Å². The van der Waals surface area contributed by atoms with E-state index < -0.39 is 0 Å². The molecule has 134 valence electrons. The van der Waals surface area contributed by atoms with Crippen molar-refractivity contribution in [1.29, 1.82) is 0 Å². The van der Waals surface area contributed by atoms with Gasteiger partial charge in [0.05, 0.1) is 6.20 Å². The third kappa shape index (κ3) is 3.46. The first-order valence-electron chi connectivity index (χ1n) is 8.97. The Hall–Kier alpha value is -2.73. The maximum absolute atomic E-state index is 12.5. The summed E-state index contributed by atoms with van der Waals surface area (Å²) in [6, 6.07) is 8.12. The zero-order chi connectivity index (χ0) is 18.1. The van der Waals surface area contributed by atoms with Gasteiger partial charge in [-0.15, -0.1) is 0 Å². The van der Waals surface area contributed by atoms with Gasteiger partial charge < -0.3 is 15.5 Å². The number of aryl methyl sites for hydroxylation is 1. The van der Waals surface area contributed by atoms with Crippen LogP contribution in [-0.2, 0) is 4.79 Å². The summed E-state index contributed by atoms with van der Waals surface area (Å²) in [5.41, 5.74) is 6.87. The molecule has 1 amide bonds. The summed E-state index contributed by atoms with van der Waals surface area (Å²) in [6.07, 6.45) is 6.99. The van der Waals surface area contributed by atoms with E-state index in [0.717, 1.165) is 47.8 Å². The van der Waals surface area contributed by atoms with Gasteiger partial charge in [0.1, 0.15) is 5.82 Å². The molecule has 26 heavy (non-hydrogen) atoms. The van der Waals surface area contributed by atoms with Crippen molar-refractivity contribution in [1.82, 2.24) is 9.97 Å². The van der Waals surface area contributed by atoms with Crippen LogP contribution >= 0.6 is 0 Å². The number of pyridine rings is 1. The Morgan fingerprint density at radius 1 is 1.12 bits per heavy atom. The van der Waals surface area contributed by atoms with Gasteiger partial charge in [0, 0.05) is 36.0 Å². The molecule has 0 spiro atoms. The summed E-state index contributed by atoms with van der Waals surface area (Å²) in [6.45, 7) is 1.82. The van der Waals surface area contributed by atoms with Gasteiger partial charge in [0.25, 0.3) is 0 Å². The van der Waals surface area contributed by atoms with Crippen molar-refractivity contribution in [3.05, 3.63) is 42.5 Å². The maximum Gasteiger partial charge on any atom is 0.228 e. The lowest BCUT2D eigenvalue weighted by atomic mass is 9.86. The maximum atomic E-state index is 12.5. The number of nitrogens with two attached hydrogens (primary N) is 1. The normalized spacial score (nSPS) is 20.2. The molecule has 0 aliphatic heterocycles. The van der Waals surface area contributed by atoms with Crippen molar-refractivity contribution in [2.24, 2.45) is 11.7 Å². The van der Waals surface area contributed by atoms with Crippen LogP contribution in [0.25, 0.3) is 22.1 Å². The Balaban J connectivity index is 1.55. The number of fused-ring (bicyclic) bond motifs is 1. The highest BCUT2D eigenvalue weighted by molar-refractivity contribution is 5.94. The van der Waals surface area contributed by atoms with Gasteiger partial charge in [-0.05, 0) is 43.2 Å². The summed E-state index contributed by atoms with van der Waals surface area (Å²) in [7, 11) is 0. The summed E-state index contributed by atoms with van der Waals surface area (Å²) in [4.78, 5) is 21.0. The molecule has 0 bridgehead atoms. The van der Waals surface area contributed by atoms with Crippen LogP contribution < -0.4 is 11.1 Å². The number of aromatic nitrogens is 2. The summed E-state index contributed by atoms with van der Waals surface area (Å²) < 4.78 is 5.59. The van der Waals surface area contributed by atoms with E-state index in [4.69, 9.17) is 10.2 Å². The molecule has 1 aliphatic rings. The molecule has 0 saturated heterocycles. The van der Waals surface area contributed by atoms with Gasteiger partial charge in [-0.3, -0.25) is 4.79 Å². The standard InChI is InChI=1S/C20H22N4O2/c1-12-22-11-18(26-12)14-2-3-15-10-23-19(9-16(15)8-14)24-20(25)13-4-6-17(21)7-5-13/h2-3,8-11,13,17H,4-7,21H2,1H3,(H,23,24,25)/t13-,17-. The number of hydrogen-bond acceptors (Lipinski definition) is 5. The van der Waals surface area contributed by atoms with E-state index in [9.17, 15) is 4.79 Å². The molecule has 4 rings (SSSR count). The number of nitrogens with one attached hydrogen (secondary N) is 1. The zero-order valence-electron chi connectivity index (χ0n) is 14.7. The van der Waals surface area contributed by atoms with Gasteiger partial charge in [0.15, 0.2) is 11.7 Å². The molecule has 2 aromatic heterocycles. The SMILES string of the molecule is Cc1ncc(-c2ccc3cnc(NC(=O)[C@H]4CC[C@H](N)CC4)cc3c2)o1. The highest BCUT2D eigenvalue weighted by Gasteiger charge is 2.24. The van der Waals surface area contributed by atoms with E-state index in [0.29, 0.717) is 11.7 Å². The molecule has 0 unspecified atom stereocenters. The fourth-order valence-electron chi connectivity index (χ4n) is 3.47. The molecular weight excluding hydrogens is 328 g/mol. The molecule has 2 heterocycles. The average molecular weight is 350 g/mol. The van der Waals surface area contributed by atoms with Crippen LogP contribution in [0, 0.1) is 12.8 Å². The van der Waals surface area contributed by atoms with Gasteiger partial charge in [0.2, 0.25) is 5.91 Å². The number of carbonyl (C=O) groups is 1. The van der Waals surface area contributed by atoms with E-state index in [1.54, 1.807) is 12.4 Å². The van der Waals surface area contributed by atoms with Crippen molar-refractivity contribution >= 4 is 22.5 Å². The predicted octanol–water partition coefficient (Wildman–Crippen LogP) is 3.65. The second kappa shape index (κ2) is 6.88. The van der Waals surface area contributed by atoms with Crippen LogP contribution in [0.15, 0.2) is 41.1 Å². The number of anilines is 1. The van der Waals surface area contributed by atoms with E-state index in [1.807, 2.05) is 31.2 Å². The average Bonchev–Trinajstić information content (AvgIpc) is 3.08. The number of hydrogen-bond donors (Lipinski definition) is 2. The van der Waals surface area contributed by atoms with Crippen molar-refractivity contribution in [2.45, 2.75) is 38.6 Å². The minimum absolute atomic E-state index is 0.0239. The molecule has 1 aromatic carbocycles. The molecule has 1 aliphatic carbocycles. The lowest BCUT2D eigenvalue weighted by molar-refractivity contribution is -0.120. The third-order valence-electron chi connectivity index (χ3n) is 5.02. The smallest absolute Gasteiger partial charge is 0.228 e. The van der Waals surface area contributed by atoms with Gasteiger partial charge in [-0.1, -0.05) is 12.1 Å². The topological polar surface area (TPSA) is 94.0 Å². The second-order valence-corrected chi connectivity index (χ2v) is 6.98. The van der Waals surface area contributed by atoms with Gasteiger partial charge >= 0.3 is 0 Å². The molecular formula is C20H22N4O2. The van der Waals surface area contributed by atoms with Crippen molar-refractivity contribution in [2.75, 3.05) is 5.32 Å². The number of rotatable bonds is 3. The van der Waals surface area contributed by atoms with Crippen LogP contribution in [0.5, 0.6) is 0 Å². The van der Waals surface area contributed by atoms with E-state index >= 15 is 0 Å². The molecule has 0 radical (unpaired) electrons. The predicted molar refractivity (Wildman–Crippen MR) is 101 cm³/mol. The lowest BCUT2D eigenvalue weighted by Crippen LogP contribution is -2.32. The van der Waals surface area contributed by atoms with Crippen LogP contribution in [0.1, 0.15) is 31.6 Å². The van der Waals surface area contributed by atoms with Crippen LogP contribution in [0.3, 0.4) is 0 Å². The van der Waals surface area contributed by atoms with Crippen LogP contribution in [0.4, 0.5) is 5.82 Å². The number of benzene rings is 1. The Kier molecular flexibility index (Phi) is 4.42. The highest BCUT2D eigenvalue weighted by atomic mass is 16.4. The monoisotopic (exact) mass is 350 g/mol.